The number of hydrazine groups is 1. The van der Waals surface area contributed by atoms with Crippen LogP contribution in [0.4, 0.5) is 0 Å². The number of Topliss-reactive ketones (excluding diaryl/α,β-unsaturated/α-hetero) is 1. The van der Waals surface area contributed by atoms with E-state index in [0.29, 0.717) is 13.1 Å². The van der Waals surface area contributed by atoms with Gasteiger partial charge in [-0.3, -0.25) is 15.6 Å². The number of carbonyl (C=O) groups is 1. The molecule has 6 nitrogen and oxygen atoms in total. The van der Waals surface area contributed by atoms with E-state index < -0.39 is 0 Å². The maximum absolute atomic E-state index is 10.6. The van der Waals surface area contributed by atoms with Gasteiger partial charge in [0.25, 0.3) is 0 Å². The summed E-state index contributed by atoms with van der Waals surface area (Å²) in [5, 5.41) is 1.45. The SMILES string of the molecule is CC(=O)CN(N)CCCN=C(N)N. The lowest BCUT2D eigenvalue weighted by Crippen LogP contribution is -2.36. The lowest BCUT2D eigenvalue weighted by atomic mass is 10.4. The first kappa shape index (κ1) is 11.9. The highest BCUT2D eigenvalue weighted by Gasteiger charge is 2.00. The predicted molar refractivity (Wildman–Crippen MR) is 51.7 cm³/mol. The van der Waals surface area contributed by atoms with E-state index in [1.165, 1.54) is 11.9 Å². The van der Waals surface area contributed by atoms with Gasteiger partial charge < -0.3 is 11.5 Å². The number of carbonyl (C=O) groups excluding carboxylic acids is 1. The molecular formula is C7H17N5O. The fourth-order valence-corrected chi connectivity index (χ4v) is 0.847. The summed E-state index contributed by atoms with van der Waals surface area (Å²) in [5.41, 5.74) is 10.2. The largest absolute Gasteiger partial charge is 0.370 e. The molecule has 0 aliphatic rings. The molecule has 0 rings (SSSR count). The minimum atomic E-state index is 0.0457. The number of hydrogen-bond donors (Lipinski definition) is 3. The van der Waals surface area contributed by atoms with Crippen molar-refractivity contribution in [3.05, 3.63) is 0 Å². The van der Waals surface area contributed by atoms with Crippen LogP contribution in [0.25, 0.3) is 0 Å². The zero-order valence-corrected chi connectivity index (χ0v) is 7.86. The van der Waals surface area contributed by atoms with Crippen LogP contribution < -0.4 is 17.3 Å². The van der Waals surface area contributed by atoms with Gasteiger partial charge >= 0.3 is 0 Å². The van der Waals surface area contributed by atoms with Gasteiger partial charge in [0.1, 0.15) is 5.78 Å². The smallest absolute Gasteiger partial charge is 0.185 e. The van der Waals surface area contributed by atoms with Crippen molar-refractivity contribution in [2.24, 2.45) is 22.3 Å². The molecule has 0 aliphatic carbocycles. The monoisotopic (exact) mass is 187 g/mol. The van der Waals surface area contributed by atoms with E-state index in [9.17, 15) is 4.79 Å². The molecule has 76 valence electrons. The van der Waals surface area contributed by atoms with E-state index in [4.69, 9.17) is 17.3 Å². The summed E-state index contributed by atoms with van der Waals surface area (Å²) in [6.45, 7) is 2.90. The number of nitrogens with zero attached hydrogens (tertiary/aromatic N) is 2. The third-order valence-electron chi connectivity index (χ3n) is 1.32. The molecule has 0 radical (unpaired) electrons. The molecule has 0 spiro atoms. The Morgan fingerprint density at radius 1 is 1.46 bits per heavy atom. The number of aliphatic imine (C=N–C) groups is 1. The van der Waals surface area contributed by atoms with E-state index in [1.54, 1.807) is 0 Å². The van der Waals surface area contributed by atoms with Crippen molar-refractivity contribution in [3.63, 3.8) is 0 Å². The van der Waals surface area contributed by atoms with Crippen LogP contribution in [0.2, 0.25) is 0 Å². The first-order chi connectivity index (χ1) is 6.02. The van der Waals surface area contributed by atoms with E-state index in [1.807, 2.05) is 0 Å². The van der Waals surface area contributed by atoms with Crippen LogP contribution in [0.1, 0.15) is 13.3 Å². The molecule has 0 heterocycles. The fourth-order valence-electron chi connectivity index (χ4n) is 0.847. The van der Waals surface area contributed by atoms with Crippen molar-refractivity contribution in [1.29, 1.82) is 0 Å². The summed E-state index contributed by atoms with van der Waals surface area (Å²) >= 11 is 0. The van der Waals surface area contributed by atoms with E-state index >= 15 is 0 Å². The highest BCUT2D eigenvalue weighted by molar-refractivity contribution is 5.77. The Kier molecular flexibility index (Phi) is 5.82. The van der Waals surface area contributed by atoms with Crippen molar-refractivity contribution in [2.45, 2.75) is 13.3 Å². The molecule has 13 heavy (non-hydrogen) atoms. The van der Waals surface area contributed by atoms with Crippen molar-refractivity contribution in [1.82, 2.24) is 5.01 Å². The maximum atomic E-state index is 10.6. The Morgan fingerprint density at radius 2 is 2.08 bits per heavy atom. The Morgan fingerprint density at radius 3 is 2.54 bits per heavy atom. The van der Waals surface area contributed by atoms with Crippen LogP contribution in [-0.4, -0.2) is 36.4 Å². The second-order valence-corrected chi connectivity index (χ2v) is 2.83. The van der Waals surface area contributed by atoms with Gasteiger partial charge in [0.2, 0.25) is 0 Å². The molecule has 0 saturated heterocycles. The fraction of sp³-hybridized carbons (Fsp3) is 0.714. The minimum absolute atomic E-state index is 0.0457. The average molecular weight is 187 g/mol. The Bertz CT molecular complexity index is 187. The molecule has 0 aromatic carbocycles. The summed E-state index contributed by atoms with van der Waals surface area (Å²) in [6.07, 6.45) is 0.738. The van der Waals surface area contributed by atoms with Crippen LogP contribution in [0, 0.1) is 0 Å². The van der Waals surface area contributed by atoms with Crippen LogP contribution >= 0.6 is 0 Å². The molecule has 6 N–H and O–H groups in total. The highest BCUT2D eigenvalue weighted by atomic mass is 16.1. The summed E-state index contributed by atoms with van der Waals surface area (Å²) in [7, 11) is 0. The van der Waals surface area contributed by atoms with E-state index in [-0.39, 0.29) is 18.3 Å². The third-order valence-corrected chi connectivity index (χ3v) is 1.32. The second-order valence-electron chi connectivity index (χ2n) is 2.83. The van der Waals surface area contributed by atoms with Crippen molar-refractivity contribution >= 4 is 11.7 Å². The molecule has 0 bridgehead atoms. The number of guanidine groups is 1. The lowest BCUT2D eigenvalue weighted by molar-refractivity contribution is -0.118. The van der Waals surface area contributed by atoms with Crippen LogP contribution in [0.3, 0.4) is 0 Å². The average Bonchev–Trinajstić information content (AvgIpc) is 1.96. The van der Waals surface area contributed by atoms with Gasteiger partial charge in [0.05, 0.1) is 6.54 Å². The number of rotatable bonds is 6. The molecule has 0 saturated carbocycles. The minimum Gasteiger partial charge on any atom is -0.370 e. The third kappa shape index (κ3) is 8.77. The second kappa shape index (κ2) is 6.38. The topological polar surface area (TPSA) is 111 Å². The van der Waals surface area contributed by atoms with Gasteiger partial charge in [-0.25, -0.2) is 5.01 Å². The summed E-state index contributed by atoms with van der Waals surface area (Å²) in [4.78, 5) is 14.4. The molecule has 0 aromatic heterocycles. The zero-order chi connectivity index (χ0) is 10.3. The molecule has 0 amide bonds. The standard InChI is InChI=1S/C7H17N5O/c1-6(13)5-12(10)4-2-3-11-7(8)9/h2-5,10H2,1H3,(H4,8,9,11). The molecule has 0 unspecified atom stereocenters. The number of ketones is 1. The number of hydrogen-bond acceptors (Lipinski definition) is 4. The molecular weight excluding hydrogens is 170 g/mol. The van der Waals surface area contributed by atoms with Gasteiger partial charge in [-0.1, -0.05) is 0 Å². The van der Waals surface area contributed by atoms with Gasteiger partial charge in [-0.05, 0) is 13.3 Å². The number of nitrogens with two attached hydrogens (primary N) is 3. The molecule has 0 aromatic rings. The summed E-state index contributed by atoms with van der Waals surface area (Å²) < 4.78 is 0. The first-order valence-corrected chi connectivity index (χ1v) is 4.07. The Hall–Kier alpha value is -1.14. The van der Waals surface area contributed by atoms with E-state index in [2.05, 4.69) is 4.99 Å². The molecule has 0 aliphatic heterocycles. The molecule has 6 heteroatoms. The van der Waals surface area contributed by atoms with Crippen LogP contribution in [-0.2, 0) is 4.79 Å². The van der Waals surface area contributed by atoms with Gasteiger partial charge in [0, 0.05) is 13.1 Å². The first-order valence-electron chi connectivity index (χ1n) is 4.07. The highest BCUT2D eigenvalue weighted by Crippen LogP contribution is 1.85. The van der Waals surface area contributed by atoms with Gasteiger partial charge in [0.15, 0.2) is 5.96 Å². The van der Waals surface area contributed by atoms with Crippen LogP contribution in [0.5, 0.6) is 0 Å². The Labute approximate surface area is 77.7 Å². The quantitative estimate of drug-likeness (QED) is 0.153. The maximum Gasteiger partial charge on any atom is 0.185 e. The van der Waals surface area contributed by atoms with E-state index in [0.717, 1.165) is 6.42 Å². The van der Waals surface area contributed by atoms with Crippen LogP contribution in [0.15, 0.2) is 4.99 Å². The van der Waals surface area contributed by atoms with Gasteiger partial charge in [-0.2, -0.15) is 0 Å². The summed E-state index contributed by atoms with van der Waals surface area (Å²) in [6, 6.07) is 0. The van der Waals surface area contributed by atoms with Crippen molar-refractivity contribution in [2.75, 3.05) is 19.6 Å². The Balaban J connectivity index is 3.42. The lowest BCUT2D eigenvalue weighted by Gasteiger charge is -2.12. The predicted octanol–water partition coefficient (Wildman–Crippen LogP) is -1.59. The molecule has 0 atom stereocenters. The zero-order valence-electron chi connectivity index (χ0n) is 7.86. The van der Waals surface area contributed by atoms with Crippen molar-refractivity contribution < 1.29 is 4.79 Å². The normalized spacial score (nSPS) is 10.1. The van der Waals surface area contributed by atoms with Crippen molar-refractivity contribution in [3.8, 4) is 0 Å². The summed E-state index contributed by atoms with van der Waals surface area (Å²) in [5.74, 6) is 5.62. The molecule has 0 fully saturated rings. The van der Waals surface area contributed by atoms with Gasteiger partial charge in [-0.15, -0.1) is 0 Å².